The van der Waals surface area contributed by atoms with E-state index in [1.165, 1.54) is 11.8 Å². The summed E-state index contributed by atoms with van der Waals surface area (Å²) in [5.74, 6) is -0.368. The van der Waals surface area contributed by atoms with Crippen molar-refractivity contribution in [2.75, 3.05) is 10.2 Å². The highest BCUT2D eigenvalue weighted by atomic mass is 19.4. The first-order valence-electron chi connectivity index (χ1n) is 10.2. The monoisotopic (exact) mass is 449 g/mol. The SMILES string of the molecule is C[C@H]1Oc2cc(NC(=O)NC(C)(C)C)c(C(F)(F)F)cc2N([C@@H](C)c2ccccc2)C1=O. The van der Waals surface area contributed by atoms with E-state index >= 15 is 0 Å². The van der Waals surface area contributed by atoms with Gasteiger partial charge in [0.05, 0.1) is 23.0 Å². The van der Waals surface area contributed by atoms with Crippen LogP contribution in [0.3, 0.4) is 0 Å². The number of urea groups is 1. The summed E-state index contributed by atoms with van der Waals surface area (Å²) in [5, 5.41) is 4.84. The van der Waals surface area contributed by atoms with E-state index in [1.54, 1.807) is 52.0 Å². The molecule has 0 saturated carbocycles. The Morgan fingerprint density at radius 2 is 1.75 bits per heavy atom. The molecule has 2 N–H and O–H groups in total. The third-order valence-electron chi connectivity index (χ3n) is 4.96. The molecule has 32 heavy (non-hydrogen) atoms. The highest BCUT2D eigenvalue weighted by Gasteiger charge is 2.40. The van der Waals surface area contributed by atoms with Gasteiger partial charge in [-0.2, -0.15) is 13.2 Å². The molecule has 0 radical (unpaired) electrons. The molecule has 0 aromatic heterocycles. The van der Waals surface area contributed by atoms with E-state index in [2.05, 4.69) is 10.6 Å². The Kier molecular flexibility index (Phi) is 6.13. The zero-order valence-corrected chi connectivity index (χ0v) is 18.5. The molecule has 9 heteroatoms. The summed E-state index contributed by atoms with van der Waals surface area (Å²) < 4.78 is 47.4. The predicted molar refractivity (Wildman–Crippen MR) is 116 cm³/mol. The number of halogens is 3. The summed E-state index contributed by atoms with van der Waals surface area (Å²) in [4.78, 5) is 26.5. The van der Waals surface area contributed by atoms with Crippen molar-refractivity contribution in [3.8, 4) is 5.75 Å². The number of hydrogen-bond acceptors (Lipinski definition) is 3. The first-order valence-corrected chi connectivity index (χ1v) is 10.2. The lowest BCUT2D eigenvalue weighted by Crippen LogP contribution is -2.46. The van der Waals surface area contributed by atoms with E-state index in [9.17, 15) is 22.8 Å². The van der Waals surface area contributed by atoms with E-state index < -0.39 is 47.1 Å². The fourth-order valence-electron chi connectivity index (χ4n) is 3.52. The van der Waals surface area contributed by atoms with E-state index in [0.29, 0.717) is 0 Å². The van der Waals surface area contributed by atoms with Crippen molar-refractivity contribution >= 4 is 23.3 Å². The molecular formula is C23H26F3N3O3. The van der Waals surface area contributed by atoms with E-state index in [-0.39, 0.29) is 11.4 Å². The fraction of sp³-hybridized carbons (Fsp3) is 0.391. The van der Waals surface area contributed by atoms with Crippen LogP contribution in [0.2, 0.25) is 0 Å². The molecule has 1 heterocycles. The van der Waals surface area contributed by atoms with Gasteiger partial charge in [-0.25, -0.2) is 4.79 Å². The lowest BCUT2D eigenvalue weighted by Gasteiger charge is -2.38. The predicted octanol–water partition coefficient (Wildman–Crippen LogP) is 5.50. The molecule has 0 aliphatic carbocycles. The van der Waals surface area contributed by atoms with Crippen molar-refractivity contribution in [2.45, 2.75) is 58.5 Å². The van der Waals surface area contributed by atoms with Crippen molar-refractivity contribution in [3.63, 3.8) is 0 Å². The lowest BCUT2D eigenvalue weighted by atomic mass is 10.0. The Balaban J connectivity index is 2.10. The Morgan fingerprint density at radius 1 is 1.12 bits per heavy atom. The number of carbonyl (C=O) groups is 2. The second-order valence-corrected chi connectivity index (χ2v) is 8.75. The van der Waals surface area contributed by atoms with Gasteiger partial charge in [0.2, 0.25) is 0 Å². The molecule has 0 spiro atoms. The first kappa shape index (κ1) is 23.4. The number of carbonyl (C=O) groups excluding carboxylic acids is 2. The van der Waals surface area contributed by atoms with Crippen LogP contribution in [-0.4, -0.2) is 23.6 Å². The number of alkyl halides is 3. The fourth-order valence-corrected chi connectivity index (χ4v) is 3.52. The van der Waals surface area contributed by atoms with Gasteiger partial charge in [-0.3, -0.25) is 9.69 Å². The minimum absolute atomic E-state index is 0.00134. The number of nitrogens with one attached hydrogen (secondary N) is 2. The number of anilines is 2. The van der Waals surface area contributed by atoms with Crippen molar-refractivity contribution in [2.24, 2.45) is 0 Å². The Hall–Kier alpha value is -3.23. The molecule has 1 aliphatic rings. The van der Waals surface area contributed by atoms with Gasteiger partial charge in [0.25, 0.3) is 5.91 Å². The smallest absolute Gasteiger partial charge is 0.418 e. The molecular weight excluding hydrogens is 423 g/mol. The Morgan fingerprint density at radius 3 is 2.31 bits per heavy atom. The van der Waals surface area contributed by atoms with Crippen LogP contribution < -0.4 is 20.3 Å². The van der Waals surface area contributed by atoms with Gasteiger partial charge in [0.1, 0.15) is 5.75 Å². The molecule has 1 aliphatic heterocycles. The van der Waals surface area contributed by atoms with Gasteiger partial charge in [-0.05, 0) is 46.2 Å². The quantitative estimate of drug-likeness (QED) is 0.650. The van der Waals surface area contributed by atoms with Crippen molar-refractivity contribution in [1.82, 2.24) is 5.32 Å². The molecule has 6 nitrogen and oxygen atoms in total. The standard InChI is InChI=1S/C23H26F3N3O3/c1-13(15-9-7-6-8-10-15)29-18-11-16(23(24,25)26)17(27-21(31)28-22(3,4)5)12-19(18)32-14(2)20(29)30/h6-14H,1-5H3,(H2,27,28,31)/t13-,14+/m0/s1. The van der Waals surface area contributed by atoms with Crippen molar-refractivity contribution in [3.05, 3.63) is 53.6 Å². The summed E-state index contributed by atoms with van der Waals surface area (Å²) in [7, 11) is 0. The number of benzene rings is 2. The Bertz CT molecular complexity index is 1020. The average Bonchev–Trinajstić information content (AvgIpc) is 2.66. The highest BCUT2D eigenvalue weighted by Crippen LogP contribution is 2.46. The molecule has 3 amide bonds. The number of fused-ring (bicyclic) bond motifs is 1. The van der Waals surface area contributed by atoms with E-state index in [1.807, 2.05) is 6.07 Å². The third-order valence-corrected chi connectivity index (χ3v) is 4.96. The Labute approximate surface area is 184 Å². The van der Waals surface area contributed by atoms with Gasteiger partial charge in [0.15, 0.2) is 6.10 Å². The van der Waals surface area contributed by atoms with Crippen molar-refractivity contribution in [1.29, 1.82) is 0 Å². The van der Waals surface area contributed by atoms with Gasteiger partial charge in [0, 0.05) is 11.6 Å². The first-order chi connectivity index (χ1) is 14.8. The summed E-state index contributed by atoms with van der Waals surface area (Å²) in [6, 6.07) is 9.67. The topological polar surface area (TPSA) is 70.7 Å². The number of amides is 3. The molecule has 0 bridgehead atoms. The maximum atomic E-state index is 13.9. The summed E-state index contributed by atoms with van der Waals surface area (Å²) in [6.07, 6.45) is -5.67. The highest BCUT2D eigenvalue weighted by molar-refractivity contribution is 6.01. The normalized spacial score (nSPS) is 17.3. The second-order valence-electron chi connectivity index (χ2n) is 8.75. The zero-order chi connectivity index (χ0) is 23.8. The van der Waals surface area contributed by atoms with Gasteiger partial charge >= 0.3 is 12.2 Å². The second kappa shape index (κ2) is 8.37. The molecule has 2 atom stereocenters. The molecule has 0 fully saturated rings. The van der Waals surface area contributed by atoms with Crippen LogP contribution in [-0.2, 0) is 11.0 Å². The van der Waals surface area contributed by atoms with E-state index in [0.717, 1.165) is 17.7 Å². The van der Waals surface area contributed by atoms with Crippen LogP contribution in [0.4, 0.5) is 29.3 Å². The minimum Gasteiger partial charge on any atom is -0.479 e. The third kappa shape index (κ3) is 4.98. The molecule has 3 rings (SSSR count). The van der Waals surface area contributed by atoms with Gasteiger partial charge in [-0.1, -0.05) is 30.3 Å². The van der Waals surface area contributed by atoms with Crippen LogP contribution in [0.1, 0.15) is 51.8 Å². The maximum absolute atomic E-state index is 13.9. The van der Waals surface area contributed by atoms with Crippen LogP contribution in [0.25, 0.3) is 0 Å². The number of rotatable bonds is 3. The summed E-state index contributed by atoms with van der Waals surface area (Å²) in [5.41, 5.74) is -1.40. The number of hydrogen-bond donors (Lipinski definition) is 2. The molecule has 0 saturated heterocycles. The van der Waals surface area contributed by atoms with Gasteiger partial charge < -0.3 is 15.4 Å². The van der Waals surface area contributed by atoms with Crippen LogP contribution in [0, 0.1) is 0 Å². The van der Waals surface area contributed by atoms with E-state index in [4.69, 9.17) is 4.74 Å². The molecule has 2 aromatic rings. The maximum Gasteiger partial charge on any atom is 0.418 e. The lowest BCUT2D eigenvalue weighted by molar-refractivity contribution is -0.137. The minimum atomic E-state index is -4.77. The number of ether oxygens (including phenoxy) is 1. The summed E-state index contributed by atoms with van der Waals surface area (Å²) >= 11 is 0. The van der Waals surface area contributed by atoms with Crippen molar-refractivity contribution < 1.29 is 27.5 Å². The summed E-state index contributed by atoms with van der Waals surface area (Å²) in [6.45, 7) is 8.41. The van der Waals surface area contributed by atoms with Crippen LogP contribution in [0.5, 0.6) is 5.75 Å². The number of nitrogens with zero attached hydrogens (tertiary/aromatic N) is 1. The van der Waals surface area contributed by atoms with Crippen LogP contribution >= 0.6 is 0 Å². The molecule has 172 valence electrons. The zero-order valence-electron chi connectivity index (χ0n) is 18.5. The molecule has 0 unspecified atom stereocenters. The van der Waals surface area contributed by atoms with Gasteiger partial charge in [-0.15, -0.1) is 0 Å². The molecule has 2 aromatic carbocycles. The average molecular weight is 449 g/mol. The largest absolute Gasteiger partial charge is 0.479 e. The van der Waals surface area contributed by atoms with Crippen LogP contribution in [0.15, 0.2) is 42.5 Å².